The number of hydrogen-bond acceptors (Lipinski definition) is 10. The van der Waals surface area contributed by atoms with Gasteiger partial charge in [-0.3, -0.25) is 14.3 Å². The first-order valence-electron chi connectivity index (χ1n) is 15.9. The molecule has 0 radical (unpaired) electrons. The number of H-pyrrole nitrogens is 1. The van der Waals surface area contributed by atoms with Gasteiger partial charge in [-0.1, -0.05) is 54.6 Å². The van der Waals surface area contributed by atoms with E-state index in [4.69, 9.17) is 14.5 Å². The summed E-state index contributed by atoms with van der Waals surface area (Å²) >= 11 is 0. The van der Waals surface area contributed by atoms with Crippen LogP contribution >= 0.6 is 0 Å². The number of aliphatic hydroxyl groups excluding tert-OH is 2. The second-order valence-electron chi connectivity index (χ2n) is 12.1. The van der Waals surface area contributed by atoms with E-state index < -0.39 is 30.0 Å². The number of anilines is 1. The lowest BCUT2D eigenvalue weighted by molar-refractivity contribution is -0.0432. The molecule has 0 saturated carbocycles. The molecular formula is C36H40N6O6. The Balaban J connectivity index is 1.42. The summed E-state index contributed by atoms with van der Waals surface area (Å²) in [6.45, 7) is 3.02. The molecule has 1 unspecified atom stereocenters. The number of benzene rings is 3. The zero-order valence-corrected chi connectivity index (χ0v) is 27.1. The summed E-state index contributed by atoms with van der Waals surface area (Å²) in [5.41, 5.74) is 4.59. The van der Waals surface area contributed by atoms with Gasteiger partial charge in [-0.2, -0.15) is 4.98 Å². The number of ether oxygens (including phenoxy) is 2. The van der Waals surface area contributed by atoms with Crippen molar-refractivity contribution in [3.05, 3.63) is 112 Å². The molecular weight excluding hydrogens is 612 g/mol. The molecule has 3 aromatic carbocycles. The van der Waals surface area contributed by atoms with Crippen LogP contribution in [-0.2, 0) is 4.74 Å². The quantitative estimate of drug-likeness (QED) is 0.125. The Morgan fingerprint density at radius 3 is 2.40 bits per heavy atom. The largest absolute Gasteiger partial charge is 0.508 e. The Morgan fingerprint density at radius 1 is 1.06 bits per heavy atom. The summed E-state index contributed by atoms with van der Waals surface area (Å²) in [5.74, 6) is 1.14. The molecule has 1 aliphatic rings. The van der Waals surface area contributed by atoms with E-state index in [0.29, 0.717) is 6.61 Å². The van der Waals surface area contributed by atoms with Crippen LogP contribution < -0.4 is 15.6 Å². The molecule has 5 N–H and O–H groups in total. The molecule has 0 spiro atoms. The van der Waals surface area contributed by atoms with Gasteiger partial charge in [0.25, 0.3) is 5.56 Å². The minimum absolute atomic E-state index is 0.134. The number of aromatic nitrogens is 4. The van der Waals surface area contributed by atoms with Crippen molar-refractivity contribution in [1.82, 2.24) is 24.4 Å². The van der Waals surface area contributed by atoms with Gasteiger partial charge in [-0.05, 0) is 73.1 Å². The number of aromatic hydroxyl groups is 1. The van der Waals surface area contributed by atoms with E-state index >= 15 is 0 Å². The maximum absolute atomic E-state index is 13.2. The topological polar surface area (TPSA) is 158 Å². The number of phenolic OH excluding ortho intramolecular Hbond substituents is 1. The highest BCUT2D eigenvalue weighted by Crippen LogP contribution is 2.37. The molecule has 1 saturated heterocycles. The van der Waals surface area contributed by atoms with Crippen LogP contribution in [0.2, 0.25) is 0 Å². The molecule has 5 aromatic rings. The lowest BCUT2D eigenvalue weighted by Gasteiger charge is -2.24. The van der Waals surface area contributed by atoms with Gasteiger partial charge < -0.3 is 35.0 Å². The number of fused-ring (bicyclic) bond motifs is 1. The van der Waals surface area contributed by atoms with Gasteiger partial charge in [-0.15, -0.1) is 0 Å². The molecule has 48 heavy (non-hydrogen) atoms. The zero-order valence-electron chi connectivity index (χ0n) is 27.1. The third-order valence-corrected chi connectivity index (χ3v) is 8.37. The normalized spacial score (nSPS) is 19.0. The lowest BCUT2D eigenvalue weighted by Crippen LogP contribution is -2.24. The molecule has 0 bridgehead atoms. The average Bonchev–Trinajstić information content (AvgIpc) is 3.68. The fraction of sp³-hybridized carbons (Fsp3) is 0.306. The second-order valence-corrected chi connectivity index (χ2v) is 12.1. The van der Waals surface area contributed by atoms with Crippen LogP contribution in [0.3, 0.4) is 0 Å². The number of nitrogens with zero attached hydrogens (tertiary/aromatic N) is 4. The van der Waals surface area contributed by atoms with Crippen LogP contribution in [0, 0.1) is 0 Å². The third kappa shape index (κ3) is 7.11. The predicted octanol–water partition coefficient (Wildman–Crippen LogP) is 3.87. The maximum Gasteiger partial charge on any atom is 0.280 e. The number of aromatic amines is 1. The van der Waals surface area contributed by atoms with Crippen molar-refractivity contribution < 1.29 is 24.8 Å². The number of nitrogens with one attached hydrogen (secondary N) is 2. The second kappa shape index (κ2) is 14.4. The maximum atomic E-state index is 13.2. The first kappa shape index (κ1) is 32.9. The zero-order chi connectivity index (χ0) is 33.8. The van der Waals surface area contributed by atoms with Crippen molar-refractivity contribution in [2.24, 2.45) is 0 Å². The van der Waals surface area contributed by atoms with Gasteiger partial charge in [0.1, 0.15) is 30.4 Å². The van der Waals surface area contributed by atoms with Gasteiger partial charge in [0.05, 0.1) is 25.1 Å². The number of hydrogen-bond donors (Lipinski definition) is 5. The van der Waals surface area contributed by atoms with Gasteiger partial charge in [0, 0.05) is 13.0 Å². The van der Waals surface area contributed by atoms with Crippen LogP contribution in [0.25, 0.3) is 22.3 Å². The number of phenols is 1. The summed E-state index contributed by atoms with van der Waals surface area (Å²) in [7, 11) is 4.00. The molecule has 1 aliphatic heterocycles. The fourth-order valence-corrected chi connectivity index (χ4v) is 5.93. The SMILES string of the molecule is CC(Nc1nc2c(ncn2[C@H]2C[C@H](O)[C@@H](CO)O2)c(=O)[nH]1)/C(=C(\c1ccc(O)cc1)c1ccc(OCCN(C)C)cc1)c1ccccc1. The summed E-state index contributed by atoms with van der Waals surface area (Å²) in [6, 6.07) is 24.6. The highest BCUT2D eigenvalue weighted by atomic mass is 16.5. The highest BCUT2D eigenvalue weighted by molar-refractivity contribution is 6.01. The Morgan fingerprint density at radius 2 is 1.75 bits per heavy atom. The molecule has 6 rings (SSSR count). The van der Waals surface area contributed by atoms with Crippen molar-refractivity contribution in [1.29, 1.82) is 0 Å². The summed E-state index contributed by atoms with van der Waals surface area (Å²) in [5, 5.41) is 33.4. The molecule has 3 heterocycles. The molecule has 1 fully saturated rings. The van der Waals surface area contributed by atoms with Gasteiger partial charge in [0.15, 0.2) is 11.2 Å². The number of likely N-dealkylation sites (N-methyl/N-ethyl adjacent to an activating group) is 1. The molecule has 12 nitrogen and oxygen atoms in total. The Hall–Kier alpha value is -5.01. The van der Waals surface area contributed by atoms with Crippen LogP contribution in [0.1, 0.15) is 36.3 Å². The van der Waals surface area contributed by atoms with Crippen LogP contribution in [0.4, 0.5) is 5.95 Å². The molecule has 2 aromatic heterocycles. The fourth-order valence-electron chi connectivity index (χ4n) is 5.93. The van der Waals surface area contributed by atoms with Crippen molar-refractivity contribution in [3.8, 4) is 11.5 Å². The molecule has 4 atom stereocenters. The van der Waals surface area contributed by atoms with E-state index in [0.717, 1.165) is 40.1 Å². The number of rotatable bonds is 12. The van der Waals surface area contributed by atoms with Crippen molar-refractivity contribution in [2.75, 3.05) is 39.2 Å². The molecule has 12 heteroatoms. The van der Waals surface area contributed by atoms with Crippen molar-refractivity contribution >= 4 is 28.3 Å². The smallest absolute Gasteiger partial charge is 0.280 e. The van der Waals surface area contributed by atoms with Crippen LogP contribution in [0.5, 0.6) is 11.5 Å². The van der Waals surface area contributed by atoms with Gasteiger partial charge >= 0.3 is 0 Å². The van der Waals surface area contributed by atoms with Gasteiger partial charge in [-0.25, -0.2) is 4.98 Å². The summed E-state index contributed by atoms with van der Waals surface area (Å²) < 4.78 is 13.4. The Bertz CT molecular complexity index is 1920. The van der Waals surface area contributed by atoms with Gasteiger partial charge in [0.2, 0.25) is 5.95 Å². The molecule has 250 valence electrons. The minimum Gasteiger partial charge on any atom is -0.508 e. The minimum atomic E-state index is -0.854. The Labute approximate surface area is 277 Å². The molecule has 0 aliphatic carbocycles. The highest BCUT2D eigenvalue weighted by Gasteiger charge is 2.35. The number of imidazole rings is 1. The van der Waals surface area contributed by atoms with E-state index in [1.807, 2.05) is 87.7 Å². The van der Waals surface area contributed by atoms with Crippen LogP contribution in [-0.4, -0.2) is 91.8 Å². The van der Waals surface area contributed by atoms with E-state index in [9.17, 15) is 20.1 Å². The van der Waals surface area contributed by atoms with Crippen molar-refractivity contribution in [3.63, 3.8) is 0 Å². The molecule has 0 amide bonds. The average molecular weight is 653 g/mol. The lowest BCUT2D eigenvalue weighted by atomic mass is 9.86. The first-order valence-corrected chi connectivity index (χ1v) is 15.9. The number of aliphatic hydroxyl groups is 2. The summed E-state index contributed by atoms with van der Waals surface area (Å²) in [4.78, 5) is 27.1. The van der Waals surface area contributed by atoms with E-state index in [-0.39, 0.29) is 35.9 Å². The Kier molecular flexibility index (Phi) is 9.88. The van der Waals surface area contributed by atoms with E-state index in [1.54, 1.807) is 16.7 Å². The first-order chi connectivity index (χ1) is 23.2. The predicted molar refractivity (Wildman–Crippen MR) is 184 cm³/mol. The van der Waals surface area contributed by atoms with Crippen molar-refractivity contribution in [2.45, 2.75) is 37.8 Å². The van der Waals surface area contributed by atoms with E-state index in [2.05, 4.69) is 20.2 Å². The standard InChI is InChI=1S/C36H40N6O6/c1-22(38-36-39-34-33(35(46)40-36)37-21-42(34)30-19-28(45)29(20-43)48-30)31(23-7-5-4-6-8-23)32(24-9-13-26(44)14-10-24)25-11-15-27(16-12-25)47-18-17-41(2)3/h4-16,21-22,28-30,43-45H,17-20H2,1-3H3,(H2,38,39,40,46)/b32-31-/t22?,28-,29+,30+/m0/s1. The summed E-state index contributed by atoms with van der Waals surface area (Å²) in [6.07, 6.45) is -0.544. The van der Waals surface area contributed by atoms with Crippen LogP contribution in [0.15, 0.2) is 90.0 Å². The van der Waals surface area contributed by atoms with E-state index in [1.165, 1.54) is 6.33 Å². The third-order valence-electron chi connectivity index (χ3n) is 8.37. The monoisotopic (exact) mass is 652 g/mol.